The van der Waals surface area contributed by atoms with E-state index in [0.717, 1.165) is 5.82 Å². The number of ether oxygens (including phenoxy) is 1. The van der Waals surface area contributed by atoms with Gasteiger partial charge in [0, 0.05) is 19.5 Å². The van der Waals surface area contributed by atoms with Crippen molar-refractivity contribution in [2.45, 2.75) is 12.6 Å². The Morgan fingerprint density at radius 1 is 1.35 bits per heavy atom. The first-order valence-corrected chi connectivity index (χ1v) is 5.65. The summed E-state index contributed by atoms with van der Waals surface area (Å²) >= 11 is 0. The van der Waals surface area contributed by atoms with Gasteiger partial charge in [-0.3, -0.25) is 0 Å². The highest BCUT2D eigenvalue weighted by molar-refractivity contribution is 5.19. The predicted molar refractivity (Wildman–Crippen MR) is 66.5 cm³/mol. The maximum atomic E-state index is 5.24. The number of hydrogen-bond donors (Lipinski definition) is 2. The lowest BCUT2D eigenvalue weighted by molar-refractivity contribution is 0.166. The molecule has 4 nitrogen and oxygen atoms in total. The number of imidazole rings is 1. The SMILES string of the molecule is COCC(NCc1ncc[nH]1)c1ccccc1. The molecule has 2 rings (SSSR count). The van der Waals surface area contributed by atoms with E-state index < -0.39 is 0 Å². The average Bonchev–Trinajstić information content (AvgIpc) is 2.88. The van der Waals surface area contributed by atoms with Gasteiger partial charge in [-0.05, 0) is 5.56 Å². The Balaban J connectivity index is 1.98. The van der Waals surface area contributed by atoms with Gasteiger partial charge in [-0.2, -0.15) is 0 Å². The molecule has 1 unspecified atom stereocenters. The van der Waals surface area contributed by atoms with Crippen LogP contribution >= 0.6 is 0 Å². The number of benzene rings is 1. The third-order valence-corrected chi connectivity index (χ3v) is 2.61. The molecule has 0 fully saturated rings. The third-order valence-electron chi connectivity index (χ3n) is 2.61. The van der Waals surface area contributed by atoms with Crippen LogP contribution in [0.4, 0.5) is 0 Å². The Morgan fingerprint density at radius 2 is 2.18 bits per heavy atom. The van der Waals surface area contributed by atoms with Gasteiger partial charge in [-0.1, -0.05) is 30.3 Å². The van der Waals surface area contributed by atoms with Gasteiger partial charge in [0.2, 0.25) is 0 Å². The molecule has 1 aromatic heterocycles. The lowest BCUT2D eigenvalue weighted by Gasteiger charge is -2.17. The fraction of sp³-hybridized carbons (Fsp3) is 0.308. The molecule has 0 aliphatic rings. The summed E-state index contributed by atoms with van der Waals surface area (Å²) in [6.45, 7) is 1.35. The van der Waals surface area contributed by atoms with Crippen molar-refractivity contribution in [2.75, 3.05) is 13.7 Å². The predicted octanol–water partition coefficient (Wildman–Crippen LogP) is 1.89. The van der Waals surface area contributed by atoms with E-state index in [9.17, 15) is 0 Å². The number of aromatic nitrogens is 2. The van der Waals surface area contributed by atoms with E-state index in [-0.39, 0.29) is 6.04 Å². The van der Waals surface area contributed by atoms with E-state index in [2.05, 4.69) is 27.4 Å². The second kappa shape index (κ2) is 6.18. The van der Waals surface area contributed by atoms with Crippen LogP contribution in [0.2, 0.25) is 0 Å². The van der Waals surface area contributed by atoms with E-state index in [0.29, 0.717) is 13.2 Å². The molecule has 1 atom stereocenters. The van der Waals surface area contributed by atoms with Gasteiger partial charge in [-0.25, -0.2) is 4.98 Å². The van der Waals surface area contributed by atoms with Crippen molar-refractivity contribution in [2.24, 2.45) is 0 Å². The summed E-state index contributed by atoms with van der Waals surface area (Å²) in [6, 6.07) is 10.5. The molecule has 0 saturated carbocycles. The topological polar surface area (TPSA) is 49.9 Å². The summed E-state index contributed by atoms with van der Waals surface area (Å²) in [6.07, 6.45) is 3.58. The molecule has 0 spiro atoms. The zero-order valence-electron chi connectivity index (χ0n) is 9.89. The number of nitrogens with one attached hydrogen (secondary N) is 2. The quantitative estimate of drug-likeness (QED) is 0.798. The molecule has 2 aromatic rings. The van der Waals surface area contributed by atoms with Crippen LogP contribution in [0.5, 0.6) is 0 Å². The molecule has 90 valence electrons. The van der Waals surface area contributed by atoms with Crippen LogP contribution in [-0.2, 0) is 11.3 Å². The maximum Gasteiger partial charge on any atom is 0.120 e. The number of H-pyrrole nitrogens is 1. The largest absolute Gasteiger partial charge is 0.383 e. The normalized spacial score (nSPS) is 12.5. The van der Waals surface area contributed by atoms with Gasteiger partial charge in [0.05, 0.1) is 19.2 Å². The van der Waals surface area contributed by atoms with Crippen LogP contribution < -0.4 is 5.32 Å². The summed E-state index contributed by atoms with van der Waals surface area (Å²) in [5.41, 5.74) is 1.22. The number of nitrogens with zero attached hydrogens (tertiary/aromatic N) is 1. The smallest absolute Gasteiger partial charge is 0.120 e. The minimum absolute atomic E-state index is 0.186. The molecule has 1 aromatic carbocycles. The summed E-state index contributed by atoms with van der Waals surface area (Å²) in [4.78, 5) is 7.25. The van der Waals surface area contributed by atoms with Crippen LogP contribution in [0.15, 0.2) is 42.7 Å². The molecule has 0 amide bonds. The van der Waals surface area contributed by atoms with Gasteiger partial charge in [0.15, 0.2) is 0 Å². The summed E-state index contributed by atoms with van der Waals surface area (Å²) in [7, 11) is 1.71. The van der Waals surface area contributed by atoms with E-state index >= 15 is 0 Å². The molecule has 2 N–H and O–H groups in total. The van der Waals surface area contributed by atoms with Gasteiger partial charge in [0.25, 0.3) is 0 Å². The van der Waals surface area contributed by atoms with Gasteiger partial charge in [0.1, 0.15) is 5.82 Å². The highest BCUT2D eigenvalue weighted by Crippen LogP contribution is 2.13. The Labute approximate surface area is 101 Å². The fourth-order valence-electron chi connectivity index (χ4n) is 1.74. The molecular formula is C13H17N3O. The molecule has 0 bridgehead atoms. The molecule has 0 aliphatic carbocycles. The molecule has 0 radical (unpaired) electrons. The molecule has 0 aliphatic heterocycles. The monoisotopic (exact) mass is 231 g/mol. The molecule has 1 heterocycles. The van der Waals surface area contributed by atoms with Crippen molar-refractivity contribution < 1.29 is 4.74 Å². The first-order chi connectivity index (χ1) is 8.40. The number of aromatic amines is 1. The van der Waals surface area contributed by atoms with Crippen LogP contribution in [0, 0.1) is 0 Å². The second-order valence-electron chi connectivity index (χ2n) is 3.84. The van der Waals surface area contributed by atoms with E-state index in [1.807, 2.05) is 24.4 Å². The van der Waals surface area contributed by atoms with Crippen LogP contribution in [0.1, 0.15) is 17.4 Å². The molecule has 17 heavy (non-hydrogen) atoms. The molecule has 0 saturated heterocycles. The molecule has 4 heteroatoms. The zero-order valence-corrected chi connectivity index (χ0v) is 9.89. The summed E-state index contributed by atoms with van der Waals surface area (Å²) in [5.74, 6) is 0.932. The van der Waals surface area contributed by atoms with Crippen molar-refractivity contribution in [3.8, 4) is 0 Å². The van der Waals surface area contributed by atoms with Gasteiger partial charge < -0.3 is 15.0 Å². The first-order valence-electron chi connectivity index (χ1n) is 5.65. The van der Waals surface area contributed by atoms with Crippen molar-refractivity contribution in [3.05, 3.63) is 54.1 Å². The Morgan fingerprint density at radius 3 is 2.82 bits per heavy atom. The van der Waals surface area contributed by atoms with Gasteiger partial charge >= 0.3 is 0 Å². The van der Waals surface area contributed by atoms with Crippen LogP contribution in [-0.4, -0.2) is 23.7 Å². The lowest BCUT2D eigenvalue weighted by Crippen LogP contribution is -2.25. The number of rotatable bonds is 6. The van der Waals surface area contributed by atoms with Crippen molar-refractivity contribution in [3.63, 3.8) is 0 Å². The van der Waals surface area contributed by atoms with Crippen molar-refractivity contribution in [1.29, 1.82) is 0 Å². The maximum absolute atomic E-state index is 5.24. The standard InChI is InChI=1S/C13H17N3O/c1-17-10-12(11-5-3-2-4-6-11)16-9-13-14-7-8-15-13/h2-8,12,16H,9-10H2,1H3,(H,14,15). The molecular weight excluding hydrogens is 214 g/mol. The van der Waals surface area contributed by atoms with Crippen LogP contribution in [0.3, 0.4) is 0 Å². The highest BCUT2D eigenvalue weighted by atomic mass is 16.5. The lowest BCUT2D eigenvalue weighted by atomic mass is 10.1. The number of hydrogen-bond acceptors (Lipinski definition) is 3. The van der Waals surface area contributed by atoms with E-state index in [4.69, 9.17) is 4.74 Å². The second-order valence-corrected chi connectivity index (χ2v) is 3.84. The highest BCUT2D eigenvalue weighted by Gasteiger charge is 2.10. The van der Waals surface area contributed by atoms with Crippen molar-refractivity contribution >= 4 is 0 Å². The average molecular weight is 231 g/mol. The summed E-state index contributed by atoms with van der Waals surface area (Å²) in [5, 5.41) is 3.42. The van der Waals surface area contributed by atoms with Crippen LogP contribution in [0.25, 0.3) is 0 Å². The fourth-order valence-corrected chi connectivity index (χ4v) is 1.74. The van der Waals surface area contributed by atoms with E-state index in [1.54, 1.807) is 13.3 Å². The third kappa shape index (κ3) is 3.41. The minimum Gasteiger partial charge on any atom is -0.383 e. The zero-order chi connectivity index (χ0) is 11.9. The number of methoxy groups -OCH3 is 1. The summed E-state index contributed by atoms with van der Waals surface area (Å²) < 4.78 is 5.24. The van der Waals surface area contributed by atoms with Gasteiger partial charge in [-0.15, -0.1) is 0 Å². The Hall–Kier alpha value is -1.65. The van der Waals surface area contributed by atoms with Crippen molar-refractivity contribution in [1.82, 2.24) is 15.3 Å². The van der Waals surface area contributed by atoms with E-state index in [1.165, 1.54) is 5.56 Å². The Bertz CT molecular complexity index is 413. The first kappa shape index (κ1) is 11.8. The Kier molecular flexibility index (Phi) is 4.30. The minimum atomic E-state index is 0.186.